The number of anilines is 1. The van der Waals surface area contributed by atoms with Gasteiger partial charge in [0.25, 0.3) is 11.8 Å². The zero-order chi connectivity index (χ0) is 18.1. The number of nitrogens with one attached hydrogen (secondary N) is 1. The Morgan fingerprint density at radius 1 is 1.36 bits per heavy atom. The summed E-state index contributed by atoms with van der Waals surface area (Å²) in [6, 6.07) is 4.65. The van der Waals surface area contributed by atoms with Crippen molar-refractivity contribution in [2.45, 2.75) is 19.9 Å². The molecule has 2 aromatic rings. The fourth-order valence-electron chi connectivity index (χ4n) is 2.92. The number of nitrogens with two attached hydrogens (primary N) is 1. The van der Waals surface area contributed by atoms with Gasteiger partial charge in [-0.15, -0.1) is 11.3 Å². The number of nitrogens with zero attached hydrogens (tertiary/aromatic N) is 1. The predicted molar refractivity (Wildman–Crippen MR) is 102 cm³/mol. The number of primary amides is 1. The number of hydrogen-bond acceptors (Lipinski definition) is 4. The van der Waals surface area contributed by atoms with E-state index in [1.165, 1.54) is 17.4 Å². The molecule has 0 atom stereocenters. The molecule has 3 N–H and O–H groups in total. The summed E-state index contributed by atoms with van der Waals surface area (Å²) in [5.41, 5.74) is 7.22. The summed E-state index contributed by atoms with van der Waals surface area (Å²) in [5.74, 6) is -0.921. The standard InChI is InChI=1S/C17H17Cl2N3O2S/c1-2-22-6-5-11-13(8-22)25-17(14(11)15(20)23)21-16(24)10-4-3-9(18)7-12(10)19/h3-4,7H,2,5-6,8H2,1H3,(H2,20,23)(H,21,24). The van der Waals surface area contributed by atoms with Crippen molar-refractivity contribution in [2.75, 3.05) is 18.4 Å². The van der Waals surface area contributed by atoms with E-state index in [1.807, 2.05) is 0 Å². The second kappa shape index (κ2) is 7.33. The van der Waals surface area contributed by atoms with E-state index in [0.29, 0.717) is 21.2 Å². The molecular formula is C17H17Cl2N3O2S. The van der Waals surface area contributed by atoms with Gasteiger partial charge in [0, 0.05) is 23.0 Å². The Balaban J connectivity index is 1.93. The maximum absolute atomic E-state index is 12.6. The molecule has 0 radical (unpaired) electrons. The Labute approximate surface area is 159 Å². The van der Waals surface area contributed by atoms with E-state index >= 15 is 0 Å². The molecule has 1 aromatic carbocycles. The van der Waals surface area contributed by atoms with E-state index in [4.69, 9.17) is 28.9 Å². The Morgan fingerprint density at radius 3 is 2.76 bits per heavy atom. The van der Waals surface area contributed by atoms with Crippen LogP contribution in [-0.2, 0) is 13.0 Å². The average molecular weight is 398 g/mol. The molecule has 1 aliphatic rings. The van der Waals surface area contributed by atoms with E-state index in [9.17, 15) is 9.59 Å². The zero-order valence-electron chi connectivity index (χ0n) is 13.6. The van der Waals surface area contributed by atoms with E-state index in [1.54, 1.807) is 12.1 Å². The van der Waals surface area contributed by atoms with Gasteiger partial charge < -0.3 is 11.1 Å². The molecule has 3 rings (SSSR count). The minimum atomic E-state index is -0.528. The van der Waals surface area contributed by atoms with Crippen LogP contribution >= 0.6 is 34.5 Å². The Hall–Kier alpha value is -1.60. The van der Waals surface area contributed by atoms with Gasteiger partial charge in [-0.2, -0.15) is 0 Å². The molecule has 2 amide bonds. The van der Waals surface area contributed by atoms with E-state index in [0.717, 1.165) is 36.5 Å². The number of fused-ring (bicyclic) bond motifs is 1. The second-order valence-corrected chi connectivity index (χ2v) is 7.72. The van der Waals surface area contributed by atoms with Gasteiger partial charge in [0.1, 0.15) is 5.00 Å². The largest absolute Gasteiger partial charge is 0.365 e. The fraction of sp³-hybridized carbons (Fsp3) is 0.294. The first kappa shape index (κ1) is 18.2. The van der Waals surface area contributed by atoms with Crippen LogP contribution in [-0.4, -0.2) is 29.8 Å². The van der Waals surface area contributed by atoms with Crippen LogP contribution in [0.4, 0.5) is 5.00 Å². The normalized spacial score (nSPS) is 14.2. The third-order valence-corrected chi connectivity index (χ3v) is 5.91. The van der Waals surface area contributed by atoms with Crippen molar-refractivity contribution in [3.8, 4) is 0 Å². The van der Waals surface area contributed by atoms with Crippen molar-refractivity contribution in [3.63, 3.8) is 0 Å². The number of halogens is 2. The molecule has 5 nitrogen and oxygen atoms in total. The highest BCUT2D eigenvalue weighted by atomic mass is 35.5. The molecule has 0 unspecified atom stereocenters. The van der Waals surface area contributed by atoms with Crippen LogP contribution in [0.3, 0.4) is 0 Å². The lowest BCUT2D eigenvalue weighted by Gasteiger charge is -2.25. The zero-order valence-corrected chi connectivity index (χ0v) is 15.9. The van der Waals surface area contributed by atoms with Gasteiger partial charge in [0.15, 0.2) is 0 Å². The summed E-state index contributed by atoms with van der Waals surface area (Å²) in [6.07, 6.45) is 0.746. The van der Waals surface area contributed by atoms with E-state index in [-0.39, 0.29) is 5.02 Å². The molecule has 25 heavy (non-hydrogen) atoms. The quantitative estimate of drug-likeness (QED) is 0.823. The molecule has 0 fully saturated rings. The van der Waals surface area contributed by atoms with Crippen molar-refractivity contribution >= 4 is 51.4 Å². The lowest BCUT2D eigenvalue weighted by atomic mass is 10.0. The number of rotatable bonds is 4. The lowest BCUT2D eigenvalue weighted by molar-refractivity contribution is 0.1000. The highest BCUT2D eigenvalue weighted by Gasteiger charge is 2.27. The van der Waals surface area contributed by atoms with Crippen LogP contribution in [0.1, 0.15) is 38.1 Å². The molecule has 1 aromatic heterocycles. The third kappa shape index (κ3) is 3.67. The van der Waals surface area contributed by atoms with Crippen molar-refractivity contribution in [2.24, 2.45) is 5.73 Å². The number of thiophene rings is 1. The summed E-state index contributed by atoms with van der Waals surface area (Å²) in [6.45, 7) is 4.66. The Bertz CT molecular complexity index is 851. The minimum Gasteiger partial charge on any atom is -0.365 e. The van der Waals surface area contributed by atoms with Crippen LogP contribution in [0.2, 0.25) is 10.0 Å². The molecule has 2 heterocycles. The number of hydrogen-bond donors (Lipinski definition) is 2. The van der Waals surface area contributed by atoms with E-state index in [2.05, 4.69) is 17.1 Å². The number of carbonyl (C=O) groups excluding carboxylic acids is 2. The van der Waals surface area contributed by atoms with Gasteiger partial charge in [0.05, 0.1) is 16.1 Å². The van der Waals surface area contributed by atoms with Gasteiger partial charge in [-0.1, -0.05) is 30.1 Å². The third-order valence-electron chi connectivity index (χ3n) is 4.23. The van der Waals surface area contributed by atoms with E-state index < -0.39 is 11.8 Å². The van der Waals surface area contributed by atoms with Crippen molar-refractivity contribution in [1.29, 1.82) is 0 Å². The molecule has 0 saturated heterocycles. The molecule has 132 valence electrons. The van der Waals surface area contributed by atoms with Gasteiger partial charge in [-0.05, 0) is 36.7 Å². The highest BCUT2D eigenvalue weighted by molar-refractivity contribution is 7.17. The number of amides is 2. The van der Waals surface area contributed by atoms with Gasteiger partial charge in [-0.3, -0.25) is 14.5 Å². The molecule has 0 aliphatic carbocycles. The van der Waals surface area contributed by atoms with Crippen molar-refractivity contribution < 1.29 is 9.59 Å². The van der Waals surface area contributed by atoms with Crippen LogP contribution in [0.5, 0.6) is 0 Å². The van der Waals surface area contributed by atoms with Crippen molar-refractivity contribution in [1.82, 2.24) is 4.90 Å². The fourth-order valence-corrected chi connectivity index (χ4v) is 4.70. The molecule has 1 aliphatic heterocycles. The van der Waals surface area contributed by atoms with Crippen LogP contribution in [0.15, 0.2) is 18.2 Å². The summed E-state index contributed by atoms with van der Waals surface area (Å²) < 4.78 is 0. The maximum atomic E-state index is 12.6. The first-order valence-corrected chi connectivity index (χ1v) is 9.41. The van der Waals surface area contributed by atoms with Gasteiger partial charge >= 0.3 is 0 Å². The first-order chi connectivity index (χ1) is 11.9. The summed E-state index contributed by atoms with van der Waals surface area (Å²) in [7, 11) is 0. The first-order valence-electron chi connectivity index (χ1n) is 7.83. The number of carbonyl (C=O) groups is 2. The summed E-state index contributed by atoms with van der Waals surface area (Å²) in [5, 5.41) is 3.97. The molecule has 0 spiro atoms. The monoisotopic (exact) mass is 397 g/mol. The van der Waals surface area contributed by atoms with Crippen LogP contribution in [0, 0.1) is 0 Å². The topological polar surface area (TPSA) is 75.4 Å². The van der Waals surface area contributed by atoms with Gasteiger partial charge in [-0.25, -0.2) is 0 Å². The molecule has 8 heteroatoms. The Kier molecular flexibility index (Phi) is 5.34. The Morgan fingerprint density at radius 2 is 2.12 bits per heavy atom. The lowest BCUT2D eigenvalue weighted by Crippen LogP contribution is -2.30. The van der Waals surface area contributed by atoms with Crippen LogP contribution < -0.4 is 11.1 Å². The number of likely N-dealkylation sites (N-methyl/N-ethyl adjacent to an activating group) is 1. The second-order valence-electron chi connectivity index (χ2n) is 5.77. The van der Waals surface area contributed by atoms with Crippen molar-refractivity contribution in [3.05, 3.63) is 49.8 Å². The van der Waals surface area contributed by atoms with Crippen LogP contribution in [0.25, 0.3) is 0 Å². The summed E-state index contributed by atoms with van der Waals surface area (Å²) >= 11 is 13.4. The molecule has 0 saturated carbocycles. The SMILES string of the molecule is CCN1CCc2c(sc(NC(=O)c3ccc(Cl)cc3Cl)c2C(N)=O)C1. The average Bonchev–Trinajstić information content (AvgIpc) is 2.91. The highest BCUT2D eigenvalue weighted by Crippen LogP contribution is 2.37. The maximum Gasteiger partial charge on any atom is 0.257 e. The smallest absolute Gasteiger partial charge is 0.257 e. The van der Waals surface area contributed by atoms with Gasteiger partial charge in [0.2, 0.25) is 0 Å². The molecule has 0 bridgehead atoms. The summed E-state index contributed by atoms with van der Waals surface area (Å²) in [4.78, 5) is 27.9. The predicted octanol–water partition coefficient (Wildman–Crippen LogP) is 3.78. The number of benzene rings is 1. The molecular weight excluding hydrogens is 381 g/mol. The minimum absolute atomic E-state index is 0.254.